The van der Waals surface area contributed by atoms with Crippen LogP contribution in [-0.2, 0) is 0 Å². The Morgan fingerprint density at radius 2 is 1.48 bits per heavy atom. The van der Waals surface area contributed by atoms with Gasteiger partial charge in [-0.05, 0) is 50.8 Å². The molecule has 1 aromatic heterocycles. The lowest BCUT2D eigenvalue weighted by molar-refractivity contribution is 0.0755. The molecule has 0 radical (unpaired) electrons. The maximum absolute atomic E-state index is 12.8. The number of anilines is 1. The maximum Gasteiger partial charge on any atom is 0.257 e. The van der Waals surface area contributed by atoms with Gasteiger partial charge in [0.05, 0.1) is 11.1 Å². The second-order valence-electron chi connectivity index (χ2n) is 6.98. The van der Waals surface area contributed by atoms with E-state index < -0.39 is 0 Å². The van der Waals surface area contributed by atoms with Crippen molar-refractivity contribution >= 4 is 17.5 Å². The Morgan fingerprint density at radius 1 is 0.926 bits per heavy atom. The topological polar surface area (TPSA) is 62.3 Å². The van der Waals surface area contributed by atoms with Gasteiger partial charge in [-0.3, -0.25) is 14.6 Å². The van der Waals surface area contributed by atoms with Crippen LogP contribution in [0.5, 0.6) is 0 Å². The molecule has 0 saturated heterocycles. The zero-order chi connectivity index (χ0) is 20.0. The summed E-state index contributed by atoms with van der Waals surface area (Å²) in [7, 11) is 0. The van der Waals surface area contributed by atoms with Crippen molar-refractivity contribution < 1.29 is 9.59 Å². The first kappa shape index (κ1) is 20.6. The molecule has 0 aliphatic heterocycles. The summed E-state index contributed by atoms with van der Waals surface area (Å²) >= 11 is 0. The van der Waals surface area contributed by atoms with Gasteiger partial charge in [0.1, 0.15) is 0 Å². The molecule has 0 aliphatic rings. The quantitative estimate of drug-likeness (QED) is 0.782. The van der Waals surface area contributed by atoms with Gasteiger partial charge < -0.3 is 10.2 Å². The smallest absolute Gasteiger partial charge is 0.257 e. The molecule has 0 spiro atoms. The van der Waals surface area contributed by atoms with Crippen LogP contribution >= 0.6 is 0 Å². The predicted molar refractivity (Wildman–Crippen MR) is 109 cm³/mol. The van der Waals surface area contributed by atoms with Crippen LogP contribution in [0.15, 0.2) is 30.6 Å². The van der Waals surface area contributed by atoms with Crippen LogP contribution in [0.3, 0.4) is 0 Å². The predicted octanol–water partition coefficient (Wildman–Crippen LogP) is 4.52. The molecule has 5 heteroatoms. The maximum atomic E-state index is 12.8. The number of nitrogens with zero attached hydrogens (tertiary/aromatic N) is 2. The second kappa shape index (κ2) is 9.31. The highest BCUT2D eigenvalue weighted by atomic mass is 16.2. The first-order chi connectivity index (χ1) is 12.9. The molecule has 1 heterocycles. The van der Waals surface area contributed by atoms with Gasteiger partial charge in [0.2, 0.25) is 0 Å². The van der Waals surface area contributed by atoms with Gasteiger partial charge in [-0.1, -0.05) is 31.5 Å². The second-order valence-corrected chi connectivity index (χ2v) is 6.98. The van der Waals surface area contributed by atoms with E-state index in [1.807, 2.05) is 51.7 Å². The summed E-state index contributed by atoms with van der Waals surface area (Å²) in [6, 6.07) is 5.70. The number of pyridine rings is 1. The first-order valence-corrected chi connectivity index (χ1v) is 9.50. The zero-order valence-corrected chi connectivity index (χ0v) is 16.9. The Hall–Kier alpha value is -2.69. The van der Waals surface area contributed by atoms with E-state index in [1.54, 1.807) is 6.07 Å². The minimum Gasteiger partial charge on any atom is -0.339 e. The van der Waals surface area contributed by atoms with Crippen LogP contribution in [0.1, 0.15) is 64.1 Å². The first-order valence-electron chi connectivity index (χ1n) is 9.50. The van der Waals surface area contributed by atoms with E-state index >= 15 is 0 Å². The lowest BCUT2D eigenvalue weighted by Gasteiger charge is -2.21. The van der Waals surface area contributed by atoms with Crippen molar-refractivity contribution in [1.29, 1.82) is 0 Å². The monoisotopic (exact) mass is 367 g/mol. The van der Waals surface area contributed by atoms with Crippen LogP contribution < -0.4 is 5.32 Å². The largest absolute Gasteiger partial charge is 0.339 e. The average Bonchev–Trinajstić information content (AvgIpc) is 2.63. The lowest BCUT2D eigenvalue weighted by Crippen LogP contribution is -2.32. The van der Waals surface area contributed by atoms with E-state index in [9.17, 15) is 9.59 Å². The summed E-state index contributed by atoms with van der Waals surface area (Å²) in [6.07, 6.45) is 4.81. The molecule has 2 aromatic rings. The number of nitrogens with one attached hydrogen (secondary N) is 1. The number of rotatable bonds is 7. The summed E-state index contributed by atoms with van der Waals surface area (Å²) in [5.41, 5.74) is 4.82. The number of hydrogen-bond donors (Lipinski definition) is 1. The van der Waals surface area contributed by atoms with Gasteiger partial charge in [-0.15, -0.1) is 0 Å². The van der Waals surface area contributed by atoms with Gasteiger partial charge in [0, 0.05) is 31.2 Å². The molecule has 1 aromatic carbocycles. The van der Waals surface area contributed by atoms with Crippen LogP contribution in [0.4, 0.5) is 5.69 Å². The highest BCUT2D eigenvalue weighted by Gasteiger charge is 2.17. The molecule has 1 N–H and O–H groups in total. The molecular formula is C22H29N3O2. The Bertz CT molecular complexity index is 801. The summed E-state index contributed by atoms with van der Waals surface area (Å²) in [4.78, 5) is 31.4. The van der Waals surface area contributed by atoms with E-state index in [4.69, 9.17) is 0 Å². The fourth-order valence-electron chi connectivity index (χ4n) is 3.28. The summed E-state index contributed by atoms with van der Waals surface area (Å²) < 4.78 is 0. The third kappa shape index (κ3) is 5.16. The Morgan fingerprint density at radius 3 is 2.04 bits per heavy atom. The number of aryl methyl sites for hydroxylation is 3. The van der Waals surface area contributed by atoms with Gasteiger partial charge in [-0.2, -0.15) is 0 Å². The number of benzene rings is 1. The van der Waals surface area contributed by atoms with Crippen LogP contribution in [0.25, 0.3) is 0 Å². The number of aromatic nitrogens is 1. The van der Waals surface area contributed by atoms with Gasteiger partial charge in [-0.25, -0.2) is 0 Å². The fourth-order valence-corrected chi connectivity index (χ4v) is 3.28. The summed E-state index contributed by atoms with van der Waals surface area (Å²) in [6.45, 7) is 11.5. The molecule has 2 amide bonds. The van der Waals surface area contributed by atoms with E-state index in [2.05, 4.69) is 10.3 Å². The molecule has 0 aliphatic carbocycles. The van der Waals surface area contributed by atoms with E-state index in [-0.39, 0.29) is 11.8 Å². The van der Waals surface area contributed by atoms with E-state index in [0.717, 1.165) is 35.2 Å². The minimum atomic E-state index is -0.260. The van der Waals surface area contributed by atoms with Crippen LogP contribution in [-0.4, -0.2) is 34.8 Å². The molecule has 27 heavy (non-hydrogen) atoms. The van der Waals surface area contributed by atoms with Crippen LogP contribution in [0, 0.1) is 20.8 Å². The van der Waals surface area contributed by atoms with E-state index in [1.165, 1.54) is 12.4 Å². The van der Waals surface area contributed by atoms with Gasteiger partial charge in [0.15, 0.2) is 0 Å². The van der Waals surface area contributed by atoms with Crippen molar-refractivity contribution in [2.24, 2.45) is 0 Å². The molecule has 0 unspecified atom stereocenters. The van der Waals surface area contributed by atoms with Crippen molar-refractivity contribution in [2.75, 3.05) is 18.4 Å². The molecule has 2 rings (SSSR count). The Labute approximate surface area is 161 Å². The van der Waals surface area contributed by atoms with Crippen molar-refractivity contribution in [2.45, 2.75) is 47.5 Å². The van der Waals surface area contributed by atoms with Gasteiger partial charge >= 0.3 is 0 Å². The fraction of sp³-hybridized carbons (Fsp3) is 0.409. The molecule has 0 bridgehead atoms. The normalized spacial score (nSPS) is 10.6. The van der Waals surface area contributed by atoms with Gasteiger partial charge in [0.25, 0.3) is 11.8 Å². The molecule has 144 valence electrons. The van der Waals surface area contributed by atoms with Crippen molar-refractivity contribution in [3.05, 3.63) is 58.4 Å². The van der Waals surface area contributed by atoms with E-state index in [0.29, 0.717) is 24.2 Å². The molecular weight excluding hydrogens is 338 g/mol. The molecule has 0 saturated carbocycles. The van der Waals surface area contributed by atoms with Crippen molar-refractivity contribution in [1.82, 2.24) is 9.88 Å². The minimum absolute atomic E-state index is 0.0800. The number of amides is 2. The molecule has 5 nitrogen and oxygen atoms in total. The summed E-state index contributed by atoms with van der Waals surface area (Å²) in [5, 5.41) is 2.96. The number of carbonyl (C=O) groups excluding carboxylic acids is 2. The standard InChI is InChI=1S/C22H29N3O2/c1-6-8-25(9-7-2)22(27)19-12-18(13-23-14-19)21(26)24-20-16(4)10-15(3)11-17(20)5/h10-14H,6-9H2,1-5H3,(H,24,26). The third-order valence-electron chi connectivity index (χ3n) is 4.44. The van der Waals surface area contributed by atoms with Crippen molar-refractivity contribution in [3.63, 3.8) is 0 Å². The highest BCUT2D eigenvalue weighted by molar-refractivity contribution is 6.06. The molecule has 0 fully saturated rings. The zero-order valence-electron chi connectivity index (χ0n) is 16.9. The lowest BCUT2D eigenvalue weighted by atomic mass is 10.0. The van der Waals surface area contributed by atoms with Crippen LogP contribution in [0.2, 0.25) is 0 Å². The molecule has 0 atom stereocenters. The Kier molecular flexibility index (Phi) is 7.11. The highest BCUT2D eigenvalue weighted by Crippen LogP contribution is 2.22. The van der Waals surface area contributed by atoms with Crippen molar-refractivity contribution in [3.8, 4) is 0 Å². The number of hydrogen-bond acceptors (Lipinski definition) is 3. The average molecular weight is 367 g/mol. The third-order valence-corrected chi connectivity index (χ3v) is 4.44. The Balaban J connectivity index is 2.24. The summed E-state index contributed by atoms with van der Waals surface area (Å²) in [5.74, 6) is -0.340. The number of carbonyl (C=O) groups is 2. The SMILES string of the molecule is CCCN(CCC)C(=O)c1cncc(C(=O)Nc2c(C)cc(C)cc2C)c1.